The van der Waals surface area contributed by atoms with Gasteiger partial charge in [0, 0.05) is 19.0 Å². The van der Waals surface area contributed by atoms with Gasteiger partial charge in [0.05, 0.1) is 10.6 Å². The summed E-state index contributed by atoms with van der Waals surface area (Å²) in [6.07, 6.45) is 0.220. The van der Waals surface area contributed by atoms with Crippen LogP contribution in [0.5, 0.6) is 0 Å². The third-order valence-electron chi connectivity index (χ3n) is 7.18. The van der Waals surface area contributed by atoms with Gasteiger partial charge in [0.2, 0.25) is 11.8 Å². The lowest BCUT2D eigenvalue weighted by molar-refractivity contribution is -0.140. The number of hydrogen-bond acceptors (Lipinski definition) is 4. The fourth-order valence-corrected chi connectivity index (χ4v) is 6.21. The van der Waals surface area contributed by atoms with E-state index in [2.05, 4.69) is 5.32 Å². The maximum Gasteiger partial charge on any atom is 0.264 e. The number of anilines is 1. The first-order valence-corrected chi connectivity index (χ1v) is 15.9. The molecule has 0 aliphatic heterocycles. The molecule has 0 heterocycles. The molecule has 9 heteroatoms. The number of nitrogens with zero attached hydrogens (tertiary/aromatic N) is 2. The average molecular weight is 616 g/mol. The monoisotopic (exact) mass is 615 g/mol. The second kappa shape index (κ2) is 14.3. The third kappa shape index (κ3) is 8.32. The Balaban J connectivity index is 1.79. The Labute approximate surface area is 259 Å². The predicted octanol–water partition coefficient (Wildman–Crippen LogP) is 5.80. The van der Waals surface area contributed by atoms with Gasteiger partial charge in [-0.3, -0.25) is 13.9 Å². The van der Waals surface area contributed by atoms with Crippen LogP contribution in [0.2, 0.25) is 0 Å². The van der Waals surface area contributed by atoms with Gasteiger partial charge in [0.1, 0.15) is 18.4 Å². The molecule has 1 N–H and O–H groups in total. The summed E-state index contributed by atoms with van der Waals surface area (Å²) in [5.41, 5.74) is 3.67. The molecule has 0 radical (unpaired) electrons. The zero-order valence-corrected chi connectivity index (χ0v) is 26.2. The van der Waals surface area contributed by atoms with E-state index in [1.807, 2.05) is 82.3 Å². The number of benzene rings is 4. The van der Waals surface area contributed by atoms with Crippen molar-refractivity contribution >= 4 is 27.5 Å². The van der Waals surface area contributed by atoms with E-state index in [-0.39, 0.29) is 35.5 Å². The molecule has 0 bridgehead atoms. The van der Waals surface area contributed by atoms with Crippen LogP contribution in [-0.4, -0.2) is 43.8 Å². The molecule has 4 aromatic carbocycles. The molecule has 0 aliphatic carbocycles. The molecule has 0 saturated carbocycles. The van der Waals surface area contributed by atoms with Crippen molar-refractivity contribution in [2.24, 2.45) is 0 Å². The summed E-state index contributed by atoms with van der Waals surface area (Å²) >= 11 is 0. The molecule has 0 spiro atoms. The van der Waals surface area contributed by atoms with Crippen molar-refractivity contribution in [2.45, 2.75) is 57.6 Å². The highest BCUT2D eigenvalue weighted by Gasteiger charge is 2.34. The van der Waals surface area contributed by atoms with Crippen LogP contribution in [0.4, 0.5) is 10.1 Å². The molecule has 0 saturated heterocycles. The Morgan fingerprint density at radius 1 is 0.773 bits per heavy atom. The van der Waals surface area contributed by atoms with Crippen molar-refractivity contribution in [3.8, 4) is 0 Å². The zero-order chi connectivity index (χ0) is 31.9. The van der Waals surface area contributed by atoms with E-state index >= 15 is 0 Å². The van der Waals surface area contributed by atoms with Gasteiger partial charge >= 0.3 is 0 Å². The van der Waals surface area contributed by atoms with Crippen molar-refractivity contribution in [3.63, 3.8) is 0 Å². The average Bonchev–Trinajstić information content (AvgIpc) is 2.99. The minimum Gasteiger partial charge on any atom is -0.352 e. The second-order valence-electron chi connectivity index (χ2n) is 11.2. The van der Waals surface area contributed by atoms with Crippen molar-refractivity contribution in [1.29, 1.82) is 0 Å². The highest BCUT2D eigenvalue weighted by Crippen LogP contribution is 2.26. The molecule has 230 valence electrons. The van der Waals surface area contributed by atoms with Crippen LogP contribution in [0.1, 0.15) is 36.1 Å². The third-order valence-corrected chi connectivity index (χ3v) is 8.97. The van der Waals surface area contributed by atoms with E-state index in [0.717, 1.165) is 38.7 Å². The summed E-state index contributed by atoms with van der Waals surface area (Å²) in [7, 11) is -4.25. The molecule has 0 unspecified atom stereocenters. The van der Waals surface area contributed by atoms with E-state index in [0.29, 0.717) is 0 Å². The summed E-state index contributed by atoms with van der Waals surface area (Å²) in [5, 5.41) is 2.94. The summed E-state index contributed by atoms with van der Waals surface area (Å²) in [6.45, 7) is 6.95. The van der Waals surface area contributed by atoms with Crippen LogP contribution in [0.3, 0.4) is 0 Å². The first kappa shape index (κ1) is 32.4. The lowest BCUT2D eigenvalue weighted by atomic mass is 10.0. The molecule has 0 aromatic heterocycles. The largest absolute Gasteiger partial charge is 0.352 e. The zero-order valence-electron chi connectivity index (χ0n) is 25.4. The van der Waals surface area contributed by atoms with Gasteiger partial charge in [0.25, 0.3) is 10.0 Å². The van der Waals surface area contributed by atoms with Gasteiger partial charge in [-0.05, 0) is 75.2 Å². The van der Waals surface area contributed by atoms with Gasteiger partial charge in [0.15, 0.2) is 0 Å². The standard InChI is InChI=1S/C35H38FN3O4S/c1-25(2)37-35(41)33(22-28-8-6-5-7-9-28)38(23-29-14-10-26(3)11-15-29)34(40)24-39(31-18-16-30(36)17-19-31)44(42,43)32-20-12-27(4)13-21-32/h5-21,25,33H,22-24H2,1-4H3,(H,37,41)/t33-/m0/s1. The normalized spacial score (nSPS) is 12.0. The Morgan fingerprint density at radius 2 is 1.34 bits per heavy atom. The number of hydrogen-bond donors (Lipinski definition) is 1. The number of halogens is 1. The fraction of sp³-hybridized carbons (Fsp3) is 0.257. The van der Waals surface area contributed by atoms with E-state index in [1.54, 1.807) is 12.1 Å². The van der Waals surface area contributed by atoms with E-state index in [9.17, 15) is 22.4 Å². The van der Waals surface area contributed by atoms with E-state index < -0.39 is 34.3 Å². The lowest BCUT2D eigenvalue weighted by Gasteiger charge is -2.34. The van der Waals surface area contributed by atoms with Crippen molar-refractivity contribution in [2.75, 3.05) is 10.8 Å². The van der Waals surface area contributed by atoms with Gasteiger partial charge in [-0.1, -0.05) is 77.9 Å². The molecule has 0 fully saturated rings. The molecular weight excluding hydrogens is 577 g/mol. The summed E-state index contributed by atoms with van der Waals surface area (Å²) < 4.78 is 42.9. The fourth-order valence-electron chi connectivity index (χ4n) is 4.80. The quantitative estimate of drug-likeness (QED) is 0.218. The molecule has 4 rings (SSSR count). The first-order valence-electron chi connectivity index (χ1n) is 14.5. The van der Waals surface area contributed by atoms with E-state index in [1.165, 1.54) is 29.2 Å². The lowest BCUT2D eigenvalue weighted by Crippen LogP contribution is -2.54. The van der Waals surface area contributed by atoms with Crippen LogP contribution < -0.4 is 9.62 Å². The second-order valence-corrected chi connectivity index (χ2v) is 13.0. The van der Waals surface area contributed by atoms with E-state index in [4.69, 9.17) is 0 Å². The topological polar surface area (TPSA) is 86.8 Å². The Bertz CT molecular complexity index is 1660. The summed E-state index contributed by atoms with van der Waals surface area (Å²) in [6, 6.07) is 27.1. The van der Waals surface area contributed by atoms with Crippen LogP contribution >= 0.6 is 0 Å². The van der Waals surface area contributed by atoms with Crippen molar-refractivity contribution in [1.82, 2.24) is 10.2 Å². The number of rotatable bonds is 12. The first-order chi connectivity index (χ1) is 20.9. The molecule has 4 aromatic rings. The number of aryl methyl sites for hydroxylation is 2. The van der Waals surface area contributed by atoms with Crippen LogP contribution in [0.25, 0.3) is 0 Å². The van der Waals surface area contributed by atoms with Gasteiger partial charge in [-0.25, -0.2) is 12.8 Å². The predicted molar refractivity (Wildman–Crippen MR) is 171 cm³/mol. The molecule has 44 heavy (non-hydrogen) atoms. The highest BCUT2D eigenvalue weighted by molar-refractivity contribution is 7.92. The minimum atomic E-state index is -4.25. The van der Waals surface area contributed by atoms with Crippen LogP contribution in [-0.2, 0) is 32.6 Å². The molecule has 0 aliphatic rings. The number of sulfonamides is 1. The Kier molecular flexibility index (Phi) is 10.5. The number of nitrogens with one attached hydrogen (secondary N) is 1. The SMILES string of the molecule is Cc1ccc(CN(C(=O)CN(c2ccc(F)cc2)S(=O)(=O)c2ccc(C)cc2)[C@@H](Cc2ccccc2)C(=O)NC(C)C)cc1. The number of carbonyl (C=O) groups excluding carboxylic acids is 2. The van der Waals surface area contributed by atoms with Crippen molar-refractivity contribution in [3.05, 3.63) is 131 Å². The summed E-state index contributed by atoms with van der Waals surface area (Å²) in [5.74, 6) is -1.47. The summed E-state index contributed by atoms with van der Waals surface area (Å²) in [4.78, 5) is 29.5. The number of amides is 2. The molecule has 1 atom stereocenters. The van der Waals surface area contributed by atoms with Gasteiger partial charge < -0.3 is 10.2 Å². The maximum absolute atomic E-state index is 14.4. The van der Waals surface area contributed by atoms with Crippen LogP contribution in [0, 0.1) is 19.7 Å². The number of carbonyl (C=O) groups is 2. The highest BCUT2D eigenvalue weighted by atomic mass is 32.2. The molecule has 7 nitrogen and oxygen atoms in total. The van der Waals surface area contributed by atoms with Gasteiger partial charge in [-0.15, -0.1) is 0 Å². The molecular formula is C35H38FN3O4S. The Morgan fingerprint density at radius 3 is 1.91 bits per heavy atom. The minimum absolute atomic E-state index is 0.0105. The molecule has 2 amide bonds. The van der Waals surface area contributed by atoms with Crippen molar-refractivity contribution < 1.29 is 22.4 Å². The van der Waals surface area contributed by atoms with Crippen LogP contribution in [0.15, 0.2) is 108 Å². The maximum atomic E-state index is 14.4. The smallest absolute Gasteiger partial charge is 0.264 e. The van der Waals surface area contributed by atoms with Gasteiger partial charge in [-0.2, -0.15) is 0 Å². The Hall–Kier alpha value is -4.50.